The molecule has 0 unspecified atom stereocenters. The van der Waals surface area contributed by atoms with Crippen LogP contribution in [0.2, 0.25) is 0 Å². The first-order valence-corrected chi connectivity index (χ1v) is 7.65. The molecule has 0 radical (unpaired) electrons. The van der Waals surface area contributed by atoms with Crippen LogP contribution in [0.25, 0.3) is 0 Å². The summed E-state index contributed by atoms with van der Waals surface area (Å²) in [5.41, 5.74) is 2.78. The van der Waals surface area contributed by atoms with Gasteiger partial charge in [-0.1, -0.05) is 19.1 Å². The van der Waals surface area contributed by atoms with E-state index in [0.717, 1.165) is 42.7 Å². The van der Waals surface area contributed by atoms with Gasteiger partial charge in [-0.25, -0.2) is 0 Å². The Morgan fingerprint density at radius 3 is 2.38 bits per heavy atom. The fourth-order valence-electron chi connectivity index (χ4n) is 2.72. The number of aryl methyl sites for hydroxylation is 1. The first-order valence-electron chi connectivity index (χ1n) is 7.65. The largest absolute Gasteiger partial charge is 0.345 e. The molecule has 2 amide bonds. The summed E-state index contributed by atoms with van der Waals surface area (Å²) in [4.78, 5) is 24.0. The third kappa shape index (κ3) is 4.06. The Bertz CT molecular complexity index is 532. The molecular formula is C17H24N2O2. The van der Waals surface area contributed by atoms with E-state index in [1.165, 1.54) is 0 Å². The zero-order chi connectivity index (χ0) is 15.4. The number of anilines is 1. The molecule has 0 atom stereocenters. The van der Waals surface area contributed by atoms with Crippen molar-refractivity contribution in [3.8, 4) is 0 Å². The van der Waals surface area contributed by atoms with Crippen molar-refractivity contribution in [1.29, 1.82) is 0 Å². The quantitative estimate of drug-likeness (QED) is 0.822. The molecule has 0 bridgehead atoms. The molecule has 2 rings (SSSR count). The first kappa shape index (κ1) is 15.5. The Morgan fingerprint density at radius 1 is 1.05 bits per heavy atom. The minimum atomic E-state index is -0.581. The van der Waals surface area contributed by atoms with Crippen molar-refractivity contribution in [2.24, 2.45) is 5.92 Å². The third-order valence-corrected chi connectivity index (χ3v) is 4.41. The van der Waals surface area contributed by atoms with Crippen molar-refractivity contribution >= 4 is 17.5 Å². The van der Waals surface area contributed by atoms with Gasteiger partial charge in [0.15, 0.2) is 0 Å². The average molecular weight is 288 g/mol. The van der Waals surface area contributed by atoms with Gasteiger partial charge in [0.05, 0.1) is 0 Å². The number of nitrogens with one attached hydrogen (secondary N) is 2. The summed E-state index contributed by atoms with van der Waals surface area (Å²) in [5, 5.41) is 5.54. The maximum absolute atomic E-state index is 12.0. The zero-order valence-corrected chi connectivity index (χ0v) is 13.0. The molecule has 1 aromatic rings. The predicted molar refractivity (Wildman–Crippen MR) is 84.1 cm³/mol. The summed E-state index contributed by atoms with van der Waals surface area (Å²) in [5.74, 6) is -0.389. The summed E-state index contributed by atoms with van der Waals surface area (Å²) in [6.45, 7) is 6.14. The van der Waals surface area contributed by atoms with E-state index in [1.807, 2.05) is 32.0 Å². The second-order valence-electron chi connectivity index (χ2n) is 6.13. The highest BCUT2D eigenvalue weighted by Crippen LogP contribution is 2.23. The number of hydrogen-bond donors (Lipinski definition) is 2. The predicted octanol–water partition coefficient (Wildman–Crippen LogP) is 2.94. The maximum Gasteiger partial charge on any atom is 0.313 e. The molecule has 1 fully saturated rings. The van der Waals surface area contributed by atoms with Gasteiger partial charge in [-0.15, -0.1) is 0 Å². The van der Waals surface area contributed by atoms with Crippen LogP contribution in [-0.4, -0.2) is 17.9 Å². The summed E-state index contributed by atoms with van der Waals surface area (Å²) in [6, 6.07) is 5.81. The Hall–Kier alpha value is -1.84. The monoisotopic (exact) mass is 288 g/mol. The summed E-state index contributed by atoms with van der Waals surface area (Å²) >= 11 is 0. The van der Waals surface area contributed by atoms with Crippen LogP contribution in [0.4, 0.5) is 5.69 Å². The molecule has 1 aromatic carbocycles. The van der Waals surface area contributed by atoms with Crippen molar-refractivity contribution < 1.29 is 9.59 Å². The van der Waals surface area contributed by atoms with Crippen LogP contribution in [0, 0.1) is 19.8 Å². The Kier molecular flexibility index (Phi) is 4.99. The molecule has 21 heavy (non-hydrogen) atoms. The minimum absolute atomic E-state index is 0.137. The van der Waals surface area contributed by atoms with Crippen LogP contribution < -0.4 is 10.6 Å². The van der Waals surface area contributed by atoms with E-state index in [-0.39, 0.29) is 6.04 Å². The van der Waals surface area contributed by atoms with Crippen LogP contribution in [-0.2, 0) is 9.59 Å². The molecule has 1 saturated carbocycles. The number of rotatable bonds is 2. The highest BCUT2D eigenvalue weighted by molar-refractivity contribution is 6.39. The van der Waals surface area contributed by atoms with Gasteiger partial charge in [0, 0.05) is 11.7 Å². The Balaban J connectivity index is 1.91. The summed E-state index contributed by atoms with van der Waals surface area (Å²) in [7, 11) is 0. The van der Waals surface area contributed by atoms with E-state index in [4.69, 9.17) is 0 Å². The van der Waals surface area contributed by atoms with Gasteiger partial charge >= 0.3 is 11.8 Å². The molecule has 0 saturated heterocycles. The van der Waals surface area contributed by atoms with Gasteiger partial charge in [-0.2, -0.15) is 0 Å². The standard InChI is InChI=1S/C17H24N2O2/c1-11-7-9-14(10-8-11)18-16(20)17(21)19-15-6-4-5-12(2)13(15)3/h4-6,11,14H,7-10H2,1-3H3,(H,18,20)(H,19,21). The van der Waals surface area contributed by atoms with Crippen LogP contribution in [0.3, 0.4) is 0 Å². The van der Waals surface area contributed by atoms with Crippen molar-refractivity contribution in [2.75, 3.05) is 5.32 Å². The Morgan fingerprint density at radius 2 is 1.71 bits per heavy atom. The topological polar surface area (TPSA) is 58.2 Å². The Labute approximate surface area is 126 Å². The lowest BCUT2D eigenvalue weighted by Gasteiger charge is -2.26. The summed E-state index contributed by atoms with van der Waals surface area (Å²) in [6.07, 6.45) is 4.15. The molecule has 1 aliphatic carbocycles. The molecule has 0 heterocycles. The van der Waals surface area contributed by atoms with Crippen molar-refractivity contribution in [3.05, 3.63) is 29.3 Å². The van der Waals surface area contributed by atoms with Crippen molar-refractivity contribution in [2.45, 2.75) is 52.5 Å². The normalized spacial score (nSPS) is 21.7. The van der Waals surface area contributed by atoms with Crippen LogP contribution in [0.5, 0.6) is 0 Å². The fraction of sp³-hybridized carbons (Fsp3) is 0.529. The van der Waals surface area contributed by atoms with Gasteiger partial charge in [0.1, 0.15) is 0 Å². The number of carbonyl (C=O) groups is 2. The van der Waals surface area contributed by atoms with Crippen LogP contribution >= 0.6 is 0 Å². The summed E-state index contributed by atoms with van der Waals surface area (Å²) < 4.78 is 0. The molecule has 114 valence electrons. The van der Waals surface area contributed by atoms with E-state index in [0.29, 0.717) is 5.69 Å². The van der Waals surface area contributed by atoms with Gasteiger partial charge in [0.2, 0.25) is 0 Å². The van der Waals surface area contributed by atoms with E-state index >= 15 is 0 Å². The molecular weight excluding hydrogens is 264 g/mol. The SMILES string of the molecule is Cc1cccc(NC(=O)C(=O)NC2CCC(C)CC2)c1C. The molecule has 0 spiro atoms. The lowest BCUT2D eigenvalue weighted by Crippen LogP contribution is -2.43. The second-order valence-corrected chi connectivity index (χ2v) is 6.13. The maximum atomic E-state index is 12.0. The number of benzene rings is 1. The number of amides is 2. The number of carbonyl (C=O) groups excluding carboxylic acids is 2. The lowest BCUT2D eigenvalue weighted by molar-refractivity contribution is -0.136. The molecule has 1 aliphatic rings. The molecule has 4 heteroatoms. The van der Waals surface area contributed by atoms with Crippen molar-refractivity contribution in [3.63, 3.8) is 0 Å². The molecule has 0 aromatic heterocycles. The van der Waals surface area contributed by atoms with E-state index in [1.54, 1.807) is 0 Å². The average Bonchev–Trinajstić information content (AvgIpc) is 2.46. The zero-order valence-electron chi connectivity index (χ0n) is 13.0. The first-order chi connectivity index (χ1) is 9.97. The molecule has 0 aliphatic heterocycles. The molecule has 4 nitrogen and oxygen atoms in total. The van der Waals surface area contributed by atoms with Gasteiger partial charge in [-0.05, 0) is 62.6 Å². The van der Waals surface area contributed by atoms with E-state index in [9.17, 15) is 9.59 Å². The van der Waals surface area contributed by atoms with Crippen molar-refractivity contribution in [1.82, 2.24) is 5.32 Å². The minimum Gasteiger partial charge on any atom is -0.345 e. The highest BCUT2D eigenvalue weighted by atomic mass is 16.2. The van der Waals surface area contributed by atoms with E-state index in [2.05, 4.69) is 17.6 Å². The van der Waals surface area contributed by atoms with E-state index < -0.39 is 11.8 Å². The lowest BCUT2D eigenvalue weighted by atomic mass is 9.87. The smallest absolute Gasteiger partial charge is 0.313 e. The van der Waals surface area contributed by atoms with Gasteiger partial charge in [-0.3, -0.25) is 9.59 Å². The number of hydrogen-bond acceptors (Lipinski definition) is 2. The second kappa shape index (κ2) is 6.74. The fourth-order valence-corrected chi connectivity index (χ4v) is 2.72. The highest BCUT2D eigenvalue weighted by Gasteiger charge is 2.23. The van der Waals surface area contributed by atoms with Gasteiger partial charge < -0.3 is 10.6 Å². The molecule has 2 N–H and O–H groups in total. The third-order valence-electron chi connectivity index (χ3n) is 4.41. The van der Waals surface area contributed by atoms with Crippen LogP contribution in [0.1, 0.15) is 43.7 Å². The van der Waals surface area contributed by atoms with Gasteiger partial charge in [0.25, 0.3) is 0 Å². The van der Waals surface area contributed by atoms with Crippen LogP contribution in [0.15, 0.2) is 18.2 Å².